The average molecular weight is 598 g/mol. The molecule has 0 radical (unpaired) electrons. The van der Waals surface area contributed by atoms with Crippen molar-refractivity contribution in [3.05, 3.63) is 145 Å². The minimum Gasteiger partial charge on any atom is -0.451 e. The lowest BCUT2D eigenvalue weighted by atomic mass is 9.96. The molecule has 0 bridgehead atoms. The van der Waals surface area contributed by atoms with Crippen LogP contribution in [0, 0.1) is 0 Å². The Morgan fingerprint density at radius 2 is 1.02 bits per heavy atom. The summed E-state index contributed by atoms with van der Waals surface area (Å²) in [6.07, 6.45) is 0. The molecule has 9 rings (SSSR count). The van der Waals surface area contributed by atoms with E-state index in [-0.39, 0.29) is 0 Å². The number of hydrogen-bond donors (Lipinski definition) is 1. The molecule has 6 aromatic carbocycles. The van der Waals surface area contributed by atoms with E-state index in [4.69, 9.17) is 21.0 Å². The Labute approximate surface area is 263 Å². The Morgan fingerprint density at radius 3 is 1.73 bits per heavy atom. The van der Waals surface area contributed by atoms with Crippen molar-refractivity contribution in [1.82, 2.24) is 15.0 Å². The predicted molar refractivity (Wildman–Crippen MR) is 185 cm³/mol. The number of nitrogens with zero attached hydrogens (tertiary/aromatic N) is 2. The lowest BCUT2D eigenvalue weighted by Crippen LogP contribution is -1.91. The van der Waals surface area contributed by atoms with E-state index in [1.165, 1.54) is 27.5 Å². The molecule has 9 aromatic rings. The van der Waals surface area contributed by atoms with Crippen LogP contribution in [0.5, 0.6) is 0 Å². The van der Waals surface area contributed by atoms with Gasteiger partial charge in [-0.1, -0.05) is 103 Å². The van der Waals surface area contributed by atoms with Crippen LogP contribution in [0.3, 0.4) is 0 Å². The standard InChI is InChI=1S/C40H24ClN3O/c41-39-38-37(31-14-4-5-15-36(31)45-38)43-40(44-39)30-13-7-12-27(21-30)25-10-6-11-26(20-25)29-17-19-35-33(23-29)32-22-28(16-18-34(32)42-35)24-8-2-1-3-9-24/h1-23,42H. The number of nitrogens with one attached hydrogen (secondary N) is 1. The molecule has 0 atom stereocenters. The molecule has 0 aliphatic rings. The van der Waals surface area contributed by atoms with Crippen LogP contribution in [0.2, 0.25) is 5.15 Å². The van der Waals surface area contributed by atoms with E-state index in [9.17, 15) is 0 Å². The Kier molecular flexibility index (Phi) is 5.83. The fourth-order valence-electron chi connectivity index (χ4n) is 6.29. The first-order valence-electron chi connectivity index (χ1n) is 14.8. The van der Waals surface area contributed by atoms with Crippen molar-refractivity contribution < 1.29 is 4.42 Å². The molecule has 45 heavy (non-hydrogen) atoms. The first-order chi connectivity index (χ1) is 22.2. The molecule has 0 spiro atoms. The van der Waals surface area contributed by atoms with Gasteiger partial charge >= 0.3 is 0 Å². The van der Waals surface area contributed by atoms with Gasteiger partial charge < -0.3 is 9.40 Å². The number of hydrogen-bond acceptors (Lipinski definition) is 3. The SMILES string of the molecule is Clc1nc(-c2cccc(-c3cccc(-c4ccc5[nH]c6ccc(-c7ccccc7)cc6c5c4)c3)c2)nc2c1oc1ccccc12. The van der Waals surface area contributed by atoms with Crippen LogP contribution in [-0.4, -0.2) is 15.0 Å². The van der Waals surface area contributed by atoms with Crippen molar-refractivity contribution >= 4 is 55.5 Å². The molecule has 212 valence electrons. The van der Waals surface area contributed by atoms with Gasteiger partial charge in [0.15, 0.2) is 16.6 Å². The summed E-state index contributed by atoms with van der Waals surface area (Å²) in [5, 5.41) is 3.66. The lowest BCUT2D eigenvalue weighted by molar-refractivity contribution is 0.666. The maximum Gasteiger partial charge on any atom is 0.191 e. The van der Waals surface area contributed by atoms with Gasteiger partial charge in [-0.2, -0.15) is 0 Å². The number of halogens is 1. The van der Waals surface area contributed by atoms with Gasteiger partial charge in [0.05, 0.1) is 0 Å². The van der Waals surface area contributed by atoms with E-state index in [0.29, 0.717) is 16.6 Å². The van der Waals surface area contributed by atoms with Crippen molar-refractivity contribution in [3.8, 4) is 44.8 Å². The summed E-state index contributed by atoms with van der Waals surface area (Å²) in [6.45, 7) is 0. The fraction of sp³-hybridized carbons (Fsp3) is 0. The summed E-state index contributed by atoms with van der Waals surface area (Å²) in [6, 6.07) is 48.6. The van der Waals surface area contributed by atoms with Crippen molar-refractivity contribution in [2.24, 2.45) is 0 Å². The second-order valence-electron chi connectivity index (χ2n) is 11.3. The normalized spacial score (nSPS) is 11.7. The predicted octanol–water partition coefficient (Wildman–Crippen LogP) is 11.3. The summed E-state index contributed by atoms with van der Waals surface area (Å²) in [5.41, 5.74) is 12.1. The summed E-state index contributed by atoms with van der Waals surface area (Å²) in [5.74, 6) is 0.566. The number of rotatable bonds is 4. The number of benzene rings is 6. The van der Waals surface area contributed by atoms with E-state index in [1.54, 1.807) is 0 Å². The highest BCUT2D eigenvalue weighted by Crippen LogP contribution is 2.36. The van der Waals surface area contributed by atoms with Gasteiger partial charge in [-0.3, -0.25) is 0 Å². The molecule has 0 aliphatic carbocycles. The zero-order chi connectivity index (χ0) is 29.9. The van der Waals surface area contributed by atoms with Gasteiger partial charge in [-0.15, -0.1) is 0 Å². The molecule has 0 aliphatic heterocycles. The number of aromatic amines is 1. The van der Waals surface area contributed by atoms with Crippen LogP contribution in [0.15, 0.2) is 144 Å². The largest absolute Gasteiger partial charge is 0.451 e. The summed E-state index contributed by atoms with van der Waals surface area (Å²) in [4.78, 5) is 13.1. The van der Waals surface area contributed by atoms with Crippen LogP contribution in [0.25, 0.3) is 88.6 Å². The second-order valence-corrected chi connectivity index (χ2v) is 11.6. The van der Waals surface area contributed by atoms with E-state index in [1.807, 2.05) is 36.4 Å². The van der Waals surface area contributed by atoms with Gasteiger partial charge in [0.25, 0.3) is 0 Å². The smallest absolute Gasteiger partial charge is 0.191 e. The summed E-state index contributed by atoms with van der Waals surface area (Å²) >= 11 is 6.59. The first-order valence-corrected chi connectivity index (χ1v) is 15.2. The lowest BCUT2D eigenvalue weighted by Gasteiger charge is -2.09. The van der Waals surface area contributed by atoms with Crippen LogP contribution in [0.4, 0.5) is 0 Å². The molecule has 0 saturated carbocycles. The Bertz CT molecular complexity index is 2560. The molecule has 0 saturated heterocycles. The maximum absolute atomic E-state index is 6.59. The third-order valence-corrected chi connectivity index (χ3v) is 8.79. The monoisotopic (exact) mass is 597 g/mol. The fourth-order valence-corrected chi connectivity index (χ4v) is 6.50. The third-order valence-electron chi connectivity index (χ3n) is 8.53. The zero-order valence-corrected chi connectivity index (χ0v) is 24.7. The van der Waals surface area contributed by atoms with Crippen LogP contribution in [0.1, 0.15) is 0 Å². The Hall–Kier alpha value is -5.71. The highest BCUT2D eigenvalue weighted by atomic mass is 35.5. The van der Waals surface area contributed by atoms with E-state index in [0.717, 1.165) is 49.8 Å². The van der Waals surface area contributed by atoms with Crippen LogP contribution >= 0.6 is 11.6 Å². The highest BCUT2D eigenvalue weighted by Gasteiger charge is 2.16. The van der Waals surface area contributed by atoms with Gasteiger partial charge in [-0.05, 0) is 81.9 Å². The topological polar surface area (TPSA) is 54.7 Å². The summed E-state index contributed by atoms with van der Waals surface area (Å²) < 4.78 is 5.93. The molecule has 0 amide bonds. The van der Waals surface area contributed by atoms with Crippen LogP contribution < -0.4 is 0 Å². The number of aromatic nitrogens is 3. The van der Waals surface area contributed by atoms with E-state index in [2.05, 4.69) is 113 Å². The van der Waals surface area contributed by atoms with E-state index >= 15 is 0 Å². The number of H-pyrrole nitrogens is 1. The van der Waals surface area contributed by atoms with Gasteiger partial charge in [0.1, 0.15) is 11.1 Å². The van der Waals surface area contributed by atoms with Gasteiger partial charge in [-0.25, -0.2) is 9.97 Å². The average Bonchev–Trinajstić information content (AvgIpc) is 3.67. The molecule has 3 heterocycles. The summed E-state index contributed by atoms with van der Waals surface area (Å²) in [7, 11) is 0. The number of furan rings is 1. The molecular formula is C40H24ClN3O. The minimum absolute atomic E-state index is 0.308. The van der Waals surface area contributed by atoms with Crippen LogP contribution in [-0.2, 0) is 0 Å². The molecule has 1 N–H and O–H groups in total. The molecule has 5 heteroatoms. The van der Waals surface area contributed by atoms with Gasteiger partial charge in [0.2, 0.25) is 0 Å². The van der Waals surface area contributed by atoms with Crippen molar-refractivity contribution in [2.45, 2.75) is 0 Å². The van der Waals surface area contributed by atoms with Crippen molar-refractivity contribution in [1.29, 1.82) is 0 Å². The number of fused-ring (bicyclic) bond motifs is 6. The first kappa shape index (κ1) is 25.8. The quantitative estimate of drug-likeness (QED) is 0.205. The molecule has 4 nitrogen and oxygen atoms in total. The van der Waals surface area contributed by atoms with Gasteiger partial charge in [0, 0.05) is 32.8 Å². The third kappa shape index (κ3) is 4.38. The van der Waals surface area contributed by atoms with Crippen molar-refractivity contribution in [2.75, 3.05) is 0 Å². The minimum atomic E-state index is 0.308. The molecule has 3 aromatic heterocycles. The molecule has 0 fully saturated rings. The second kappa shape index (κ2) is 10.2. The maximum atomic E-state index is 6.59. The van der Waals surface area contributed by atoms with E-state index < -0.39 is 0 Å². The Morgan fingerprint density at radius 1 is 0.467 bits per heavy atom. The zero-order valence-electron chi connectivity index (χ0n) is 24.0. The highest BCUT2D eigenvalue weighted by molar-refractivity contribution is 6.34. The Balaban J connectivity index is 1.10. The molecule has 0 unspecified atom stereocenters. The van der Waals surface area contributed by atoms with Crippen molar-refractivity contribution in [3.63, 3.8) is 0 Å². The number of para-hydroxylation sites is 1. The molecular weight excluding hydrogens is 574 g/mol.